The average molecular weight is 401 g/mol. The van der Waals surface area contributed by atoms with Crippen LogP contribution in [0.5, 0.6) is 6.01 Å². The van der Waals surface area contributed by atoms with Crippen molar-refractivity contribution < 1.29 is 9.84 Å². The molecule has 0 aliphatic carbocycles. The number of ether oxygens (including phenoxy) is 1. The molecule has 0 saturated carbocycles. The van der Waals surface area contributed by atoms with E-state index in [1.807, 2.05) is 6.92 Å². The van der Waals surface area contributed by atoms with E-state index in [0.717, 1.165) is 36.0 Å². The topological polar surface area (TPSA) is 55.2 Å². The molecule has 0 fully saturated rings. The van der Waals surface area contributed by atoms with Gasteiger partial charge in [-0.15, -0.1) is 0 Å². The Kier molecular flexibility index (Phi) is 7.93. The fourth-order valence-electron chi connectivity index (χ4n) is 3.07. The zero-order valence-electron chi connectivity index (χ0n) is 17.4. The largest absolute Gasteiger partial charge is 0.459 e. The third-order valence-electron chi connectivity index (χ3n) is 4.72. The molecule has 0 amide bonds. The Balaban J connectivity index is 1.60. The summed E-state index contributed by atoms with van der Waals surface area (Å²) >= 11 is 0. The zero-order valence-corrected chi connectivity index (χ0v) is 17.4. The molecule has 1 atom stereocenters. The van der Waals surface area contributed by atoms with Gasteiger partial charge in [-0.05, 0) is 48.4 Å². The Morgan fingerprint density at radius 2 is 1.50 bits per heavy atom. The van der Waals surface area contributed by atoms with Crippen LogP contribution in [-0.2, 0) is 0 Å². The van der Waals surface area contributed by atoms with Crippen molar-refractivity contribution in [3.8, 4) is 28.3 Å². The second kappa shape index (κ2) is 11.1. The van der Waals surface area contributed by atoms with Gasteiger partial charge in [0.05, 0.1) is 6.10 Å². The third kappa shape index (κ3) is 6.39. The van der Waals surface area contributed by atoms with Crippen molar-refractivity contribution in [3.05, 3.63) is 85.2 Å². The van der Waals surface area contributed by atoms with Gasteiger partial charge >= 0.3 is 6.01 Å². The first-order valence-electron chi connectivity index (χ1n) is 10.3. The van der Waals surface area contributed by atoms with Gasteiger partial charge < -0.3 is 9.84 Å². The first-order valence-corrected chi connectivity index (χ1v) is 10.3. The number of aliphatic hydroxyl groups excluding tert-OH is 1. The summed E-state index contributed by atoms with van der Waals surface area (Å²) in [7, 11) is 0. The normalized spacial score (nSPS) is 12.1. The number of hydrogen-bond donors (Lipinski definition) is 1. The van der Waals surface area contributed by atoms with Gasteiger partial charge in [0.1, 0.15) is 6.61 Å². The van der Waals surface area contributed by atoms with E-state index in [0.29, 0.717) is 12.6 Å². The number of aliphatic hydroxyl groups is 1. The van der Waals surface area contributed by atoms with Crippen LogP contribution in [0.4, 0.5) is 0 Å². The third-order valence-corrected chi connectivity index (χ3v) is 4.72. The van der Waals surface area contributed by atoms with Crippen LogP contribution in [-0.4, -0.2) is 27.8 Å². The predicted octanol–water partition coefficient (Wildman–Crippen LogP) is 5.94. The fourth-order valence-corrected chi connectivity index (χ4v) is 3.07. The molecule has 0 aliphatic rings. The first-order chi connectivity index (χ1) is 14.7. The van der Waals surface area contributed by atoms with Crippen LogP contribution >= 0.6 is 0 Å². The van der Waals surface area contributed by atoms with Crippen molar-refractivity contribution in [1.82, 2.24) is 9.97 Å². The Hall–Kier alpha value is -3.24. The van der Waals surface area contributed by atoms with E-state index >= 15 is 0 Å². The number of aromatic nitrogens is 2. The molecule has 4 nitrogen and oxygen atoms in total. The maximum Gasteiger partial charge on any atom is 0.316 e. The number of hydrogen-bond acceptors (Lipinski definition) is 4. The lowest BCUT2D eigenvalue weighted by atomic mass is 10.0. The van der Waals surface area contributed by atoms with Crippen LogP contribution in [0.15, 0.2) is 79.7 Å². The molecule has 1 heterocycles. The predicted molar refractivity (Wildman–Crippen MR) is 123 cm³/mol. The molecular weight excluding hydrogens is 372 g/mol. The van der Waals surface area contributed by atoms with E-state index in [2.05, 4.69) is 77.2 Å². The Morgan fingerprint density at radius 1 is 0.933 bits per heavy atom. The molecule has 1 N–H and O–H groups in total. The Labute approximate surface area is 178 Å². The fraction of sp³-hybridized carbons (Fsp3) is 0.231. The summed E-state index contributed by atoms with van der Waals surface area (Å²) in [6.07, 6.45) is 12.1. The number of benzene rings is 2. The molecule has 0 radical (unpaired) electrons. The lowest BCUT2D eigenvalue weighted by Crippen LogP contribution is -1.97. The number of rotatable bonds is 10. The van der Waals surface area contributed by atoms with E-state index in [-0.39, 0.29) is 6.10 Å². The highest BCUT2D eigenvalue weighted by molar-refractivity contribution is 5.70. The Morgan fingerprint density at radius 3 is 2.07 bits per heavy atom. The highest BCUT2D eigenvalue weighted by atomic mass is 16.5. The minimum atomic E-state index is -0.215. The molecule has 4 heteroatoms. The standard InChI is InChI=1S/C26H28N2O2/c1-3-17-30-26-27-18-25(19-28-26)24-15-13-23(14-16-24)22-11-9-21(10-12-22)8-6-4-5-7-20(2)29/h3,6,8-16,18-20,29H,1,4-5,7,17H2,2H3/b8-6+. The van der Waals surface area contributed by atoms with E-state index in [1.165, 1.54) is 11.1 Å². The highest BCUT2D eigenvalue weighted by Crippen LogP contribution is 2.25. The van der Waals surface area contributed by atoms with Crippen molar-refractivity contribution in [1.29, 1.82) is 0 Å². The molecule has 0 bridgehead atoms. The minimum Gasteiger partial charge on any atom is -0.459 e. The van der Waals surface area contributed by atoms with Crippen LogP contribution in [0.25, 0.3) is 28.3 Å². The number of nitrogens with zero attached hydrogens (tertiary/aromatic N) is 2. The molecule has 1 unspecified atom stereocenters. The van der Waals surface area contributed by atoms with E-state index in [1.54, 1.807) is 18.5 Å². The first kappa shape index (κ1) is 21.5. The van der Waals surface area contributed by atoms with Gasteiger partial charge in [0.25, 0.3) is 0 Å². The summed E-state index contributed by atoms with van der Waals surface area (Å²) in [6, 6.07) is 17.3. The molecule has 0 spiro atoms. The molecule has 154 valence electrons. The van der Waals surface area contributed by atoms with E-state index in [4.69, 9.17) is 4.74 Å². The summed E-state index contributed by atoms with van der Waals surface area (Å²) in [6.45, 7) is 5.84. The lowest BCUT2D eigenvalue weighted by molar-refractivity contribution is 0.182. The van der Waals surface area contributed by atoms with Gasteiger partial charge in [-0.25, -0.2) is 9.97 Å². The molecule has 0 saturated heterocycles. The summed E-state index contributed by atoms with van der Waals surface area (Å²) in [5, 5.41) is 9.29. The quantitative estimate of drug-likeness (QED) is 0.338. The van der Waals surface area contributed by atoms with Crippen molar-refractivity contribution in [2.45, 2.75) is 32.3 Å². The molecule has 0 aliphatic heterocycles. The van der Waals surface area contributed by atoms with Gasteiger partial charge in [-0.2, -0.15) is 0 Å². The second-order valence-electron chi connectivity index (χ2n) is 7.24. The summed E-state index contributed by atoms with van der Waals surface area (Å²) < 4.78 is 5.32. The lowest BCUT2D eigenvalue weighted by Gasteiger charge is -2.06. The molecule has 3 rings (SSSR count). The van der Waals surface area contributed by atoms with Crippen molar-refractivity contribution >= 4 is 6.08 Å². The maximum absolute atomic E-state index is 9.29. The Bertz CT molecular complexity index is 944. The smallest absolute Gasteiger partial charge is 0.316 e. The number of unbranched alkanes of at least 4 members (excludes halogenated alkanes) is 1. The second-order valence-corrected chi connectivity index (χ2v) is 7.24. The van der Waals surface area contributed by atoms with Gasteiger partial charge in [0.15, 0.2) is 0 Å². The van der Waals surface area contributed by atoms with Gasteiger partial charge in [0, 0.05) is 18.0 Å². The minimum absolute atomic E-state index is 0.215. The van der Waals surface area contributed by atoms with Crippen LogP contribution in [0.3, 0.4) is 0 Å². The molecule has 30 heavy (non-hydrogen) atoms. The molecule has 2 aromatic carbocycles. The van der Waals surface area contributed by atoms with Gasteiger partial charge in [-0.1, -0.05) is 73.3 Å². The van der Waals surface area contributed by atoms with E-state index in [9.17, 15) is 5.11 Å². The van der Waals surface area contributed by atoms with Crippen molar-refractivity contribution in [3.63, 3.8) is 0 Å². The summed E-state index contributed by atoms with van der Waals surface area (Å²) in [5.41, 5.74) is 5.54. The van der Waals surface area contributed by atoms with Gasteiger partial charge in [0.2, 0.25) is 0 Å². The number of allylic oxidation sites excluding steroid dienone is 1. The van der Waals surface area contributed by atoms with Crippen LogP contribution in [0.1, 0.15) is 31.7 Å². The molecule has 3 aromatic rings. The highest BCUT2D eigenvalue weighted by Gasteiger charge is 2.03. The van der Waals surface area contributed by atoms with Crippen LogP contribution < -0.4 is 4.74 Å². The summed E-state index contributed by atoms with van der Waals surface area (Å²) in [5.74, 6) is 0. The molecule has 1 aromatic heterocycles. The SMILES string of the molecule is C=CCOc1ncc(-c2ccc(-c3ccc(/C=C/CCCC(C)O)cc3)cc2)cn1. The average Bonchev–Trinajstić information content (AvgIpc) is 2.78. The van der Waals surface area contributed by atoms with E-state index < -0.39 is 0 Å². The van der Waals surface area contributed by atoms with Crippen molar-refractivity contribution in [2.24, 2.45) is 0 Å². The van der Waals surface area contributed by atoms with Crippen molar-refractivity contribution in [2.75, 3.05) is 6.61 Å². The zero-order chi connectivity index (χ0) is 21.2. The van der Waals surface area contributed by atoms with Gasteiger partial charge in [-0.3, -0.25) is 0 Å². The summed E-state index contributed by atoms with van der Waals surface area (Å²) in [4.78, 5) is 8.45. The molecular formula is C26H28N2O2. The maximum atomic E-state index is 9.29. The van der Waals surface area contributed by atoms with Crippen LogP contribution in [0.2, 0.25) is 0 Å². The van der Waals surface area contributed by atoms with Crippen LogP contribution in [0, 0.1) is 0 Å². The monoisotopic (exact) mass is 400 g/mol.